The SMILES string of the molecule is CC/C=C\C(O)C/C=C/C=C\C/C=C\C/C=C\CCCC(=O)O[C@H](COC(=O)CCCCCCCCCCC(C)CC)COP(=O)(O)OC[C@@H](O)CO. The van der Waals surface area contributed by atoms with Gasteiger partial charge in [-0.2, -0.15) is 0 Å². The summed E-state index contributed by atoms with van der Waals surface area (Å²) in [5, 5.41) is 28.0. The van der Waals surface area contributed by atoms with Gasteiger partial charge in [0, 0.05) is 12.8 Å². The summed E-state index contributed by atoms with van der Waals surface area (Å²) in [6.45, 7) is 4.34. The number of aliphatic hydroxyl groups excluding tert-OH is 3. The van der Waals surface area contributed by atoms with Crippen LogP contribution in [0.1, 0.15) is 136 Å². The minimum Gasteiger partial charge on any atom is -0.462 e. The van der Waals surface area contributed by atoms with E-state index in [0.29, 0.717) is 25.7 Å². The quantitative estimate of drug-likeness (QED) is 0.0160. The molecule has 3 unspecified atom stereocenters. The van der Waals surface area contributed by atoms with Crippen LogP contribution in [0.4, 0.5) is 0 Å². The smallest absolute Gasteiger partial charge is 0.462 e. The van der Waals surface area contributed by atoms with Crippen molar-refractivity contribution in [1.82, 2.24) is 0 Å². The predicted molar refractivity (Wildman–Crippen MR) is 211 cm³/mol. The Bertz CT molecular complexity index is 1100. The Kier molecular flexibility index (Phi) is 33.8. The minimum atomic E-state index is -4.64. The van der Waals surface area contributed by atoms with Crippen molar-refractivity contribution in [2.45, 2.75) is 155 Å². The number of phosphoric ester groups is 1. The van der Waals surface area contributed by atoms with E-state index in [-0.39, 0.29) is 19.4 Å². The lowest BCUT2D eigenvalue weighted by Gasteiger charge is -2.20. The molecule has 53 heavy (non-hydrogen) atoms. The van der Waals surface area contributed by atoms with Gasteiger partial charge in [0.15, 0.2) is 6.10 Å². The van der Waals surface area contributed by atoms with Crippen molar-refractivity contribution in [3.63, 3.8) is 0 Å². The maximum absolute atomic E-state index is 12.5. The van der Waals surface area contributed by atoms with E-state index in [4.69, 9.17) is 19.1 Å². The van der Waals surface area contributed by atoms with Crippen LogP contribution in [-0.2, 0) is 32.7 Å². The second kappa shape index (κ2) is 35.3. The lowest BCUT2D eigenvalue weighted by molar-refractivity contribution is -0.161. The van der Waals surface area contributed by atoms with Gasteiger partial charge in [-0.25, -0.2) is 4.57 Å². The molecular formula is C41H71O11P. The molecule has 0 aromatic heterocycles. The second-order valence-corrected chi connectivity index (χ2v) is 14.8. The van der Waals surface area contributed by atoms with Gasteiger partial charge >= 0.3 is 19.8 Å². The third-order valence-electron chi connectivity index (χ3n) is 8.30. The van der Waals surface area contributed by atoms with Crippen molar-refractivity contribution in [3.05, 3.63) is 60.8 Å². The van der Waals surface area contributed by atoms with Gasteiger partial charge in [0.05, 0.1) is 25.9 Å². The number of hydrogen-bond acceptors (Lipinski definition) is 10. The highest BCUT2D eigenvalue weighted by molar-refractivity contribution is 7.47. The number of allylic oxidation sites excluding steroid dienone is 8. The third kappa shape index (κ3) is 35.1. The maximum atomic E-state index is 12.5. The standard InChI is InChI=1S/C41H71O11P/c1-4-6-28-37(43)29-24-20-16-11-9-7-8-10-12-18-22-26-31-41(46)52-39(35-51-53(47,48)50-33-38(44)32-42)34-49-40(45)30-25-21-17-14-13-15-19-23-27-36(3)5-2/h6-8,11-12,16,18,20,24,28,36-39,42-44H,4-5,9-10,13-15,17,19,21-23,25-27,29-35H2,1-3H3,(H,47,48)/b8-7-,16-11-,18-12-,24-20+,28-6-/t36?,37?,38-,39+/m0/s1. The molecule has 0 rings (SSSR count). The fourth-order valence-electron chi connectivity index (χ4n) is 4.85. The number of phosphoric acid groups is 1. The van der Waals surface area contributed by atoms with Gasteiger partial charge in [0.2, 0.25) is 0 Å². The topological polar surface area (TPSA) is 169 Å². The zero-order chi connectivity index (χ0) is 39.4. The fourth-order valence-corrected chi connectivity index (χ4v) is 5.64. The molecule has 0 aliphatic heterocycles. The molecule has 0 bridgehead atoms. The summed E-state index contributed by atoms with van der Waals surface area (Å²) in [6.07, 6.45) is 32.6. The molecular weight excluding hydrogens is 699 g/mol. The van der Waals surface area contributed by atoms with Crippen LogP contribution in [-0.4, -0.2) is 76.9 Å². The maximum Gasteiger partial charge on any atom is 0.472 e. The van der Waals surface area contributed by atoms with Crippen molar-refractivity contribution in [1.29, 1.82) is 0 Å². The molecule has 0 spiro atoms. The Morgan fingerprint density at radius 1 is 0.717 bits per heavy atom. The summed E-state index contributed by atoms with van der Waals surface area (Å²) in [5.74, 6) is -0.219. The highest BCUT2D eigenvalue weighted by Crippen LogP contribution is 2.43. The van der Waals surface area contributed by atoms with E-state index in [9.17, 15) is 29.3 Å². The van der Waals surface area contributed by atoms with E-state index in [0.717, 1.165) is 44.4 Å². The first-order chi connectivity index (χ1) is 25.5. The Morgan fingerprint density at radius 3 is 2.00 bits per heavy atom. The minimum absolute atomic E-state index is 0.0860. The largest absolute Gasteiger partial charge is 0.472 e. The Balaban J connectivity index is 4.52. The summed E-state index contributed by atoms with van der Waals surface area (Å²) >= 11 is 0. The van der Waals surface area contributed by atoms with Crippen LogP contribution in [0.15, 0.2) is 60.8 Å². The predicted octanol–water partition coefficient (Wildman–Crippen LogP) is 8.77. The molecule has 0 saturated heterocycles. The number of hydrogen-bond donors (Lipinski definition) is 4. The normalized spacial score (nSPS) is 15.8. The molecule has 0 aromatic carbocycles. The Morgan fingerprint density at radius 2 is 1.32 bits per heavy atom. The van der Waals surface area contributed by atoms with Crippen molar-refractivity contribution in [2.24, 2.45) is 5.92 Å². The molecule has 306 valence electrons. The molecule has 4 N–H and O–H groups in total. The van der Waals surface area contributed by atoms with E-state index < -0.39 is 57.9 Å². The fraction of sp³-hybridized carbons (Fsp3) is 0.707. The van der Waals surface area contributed by atoms with Gasteiger partial charge in [-0.15, -0.1) is 0 Å². The van der Waals surface area contributed by atoms with Crippen LogP contribution >= 0.6 is 7.82 Å². The Labute approximate surface area is 319 Å². The average Bonchev–Trinajstić information content (AvgIpc) is 3.14. The summed E-state index contributed by atoms with van der Waals surface area (Å²) in [6, 6.07) is 0. The highest BCUT2D eigenvalue weighted by Gasteiger charge is 2.27. The van der Waals surface area contributed by atoms with Crippen molar-refractivity contribution < 1.29 is 52.9 Å². The number of carbonyl (C=O) groups excluding carboxylic acids is 2. The molecule has 12 heteroatoms. The molecule has 0 aliphatic rings. The lowest BCUT2D eigenvalue weighted by Crippen LogP contribution is -2.29. The van der Waals surface area contributed by atoms with Gasteiger partial charge in [0.1, 0.15) is 12.7 Å². The number of carbonyl (C=O) groups is 2. The first-order valence-corrected chi connectivity index (χ1v) is 21.2. The van der Waals surface area contributed by atoms with Gasteiger partial charge in [-0.05, 0) is 50.9 Å². The third-order valence-corrected chi connectivity index (χ3v) is 9.25. The van der Waals surface area contributed by atoms with Crippen molar-refractivity contribution in [3.8, 4) is 0 Å². The van der Waals surface area contributed by atoms with Crippen LogP contribution in [0.2, 0.25) is 0 Å². The molecule has 0 fully saturated rings. The molecule has 5 atom stereocenters. The van der Waals surface area contributed by atoms with Gasteiger partial charge in [-0.1, -0.05) is 139 Å². The zero-order valence-corrected chi connectivity index (χ0v) is 33.6. The van der Waals surface area contributed by atoms with E-state index in [1.54, 1.807) is 6.08 Å². The number of aliphatic hydroxyl groups is 3. The zero-order valence-electron chi connectivity index (χ0n) is 32.7. The number of ether oxygens (including phenoxy) is 2. The van der Waals surface area contributed by atoms with E-state index in [2.05, 4.69) is 30.5 Å². The number of unbranched alkanes of at least 4 members (excludes halogenated alkanes) is 8. The van der Waals surface area contributed by atoms with Crippen LogP contribution in [0.25, 0.3) is 0 Å². The Hall–Kier alpha value is -2.37. The van der Waals surface area contributed by atoms with Crippen molar-refractivity contribution >= 4 is 19.8 Å². The molecule has 0 amide bonds. The van der Waals surface area contributed by atoms with Crippen LogP contribution in [0, 0.1) is 5.92 Å². The van der Waals surface area contributed by atoms with Crippen LogP contribution in [0.3, 0.4) is 0 Å². The summed E-state index contributed by atoms with van der Waals surface area (Å²) in [5.41, 5.74) is 0. The average molecular weight is 771 g/mol. The summed E-state index contributed by atoms with van der Waals surface area (Å²) in [4.78, 5) is 34.8. The molecule has 0 heterocycles. The lowest BCUT2D eigenvalue weighted by atomic mass is 9.99. The van der Waals surface area contributed by atoms with Crippen LogP contribution < -0.4 is 0 Å². The summed E-state index contributed by atoms with van der Waals surface area (Å²) < 4.78 is 32.5. The van der Waals surface area contributed by atoms with Gasteiger partial charge in [0.25, 0.3) is 0 Å². The van der Waals surface area contributed by atoms with E-state index in [1.165, 1.54) is 38.5 Å². The van der Waals surface area contributed by atoms with Gasteiger partial charge < -0.3 is 29.7 Å². The second-order valence-electron chi connectivity index (χ2n) is 13.4. The molecule has 0 aliphatic carbocycles. The first kappa shape index (κ1) is 50.6. The molecule has 0 aromatic rings. The molecule has 0 radical (unpaired) electrons. The first-order valence-electron chi connectivity index (χ1n) is 19.7. The van der Waals surface area contributed by atoms with Gasteiger partial charge in [-0.3, -0.25) is 18.6 Å². The van der Waals surface area contributed by atoms with Crippen LogP contribution in [0.5, 0.6) is 0 Å². The highest BCUT2D eigenvalue weighted by atomic mass is 31.2. The molecule has 11 nitrogen and oxygen atoms in total. The summed E-state index contributed by atoms with van der Waals surface area (Å²) in [7, 11) is -4.64. The van der Waals surface area contributed by atoms with Crippen molar-refractivity contribution in [2.75, 3.05) is 26.4 Å². The van der Waals surface area contributed by atoms with E-state index in [1.807, 2.05) is 49.5 Å². The van der Waals surface area contributed by atoms with E-state index >= 15 is 0 Å². The molecule has 0 saturated carbocycles. The monoisotopic (exact) mass is 770 g/mol. The number of rotatable bonds is 35. The number of esters is 2.